The first-order chi connectivity index (χ1) is 9.70. The minimum Gasteiger partial charge on any atom is -0.432 e. The van der Waals surface area contributed by atoms with Gasteiger partial charge >= 0.3 is 12.8 Å². The van der Waals surface area contributed by atoms with Gasteiger partial charge in [0.05, 0.1) is 0 Å². The molecule has 0 radical (unpaired) electrons. The summed E-state index contributed by atoms with van der Waals surface area (Å²) in [5.41, 5.74) is -2.44. The summed E-state index contributed by atoms with van der Waals surface area (Å²) in [5.74, 6) is -0.576. The quantitative estimate of drug-likeness (QED) is 0.626. The largest absolute Gasteiger partial charge is 0.433 e. The predicted molar refractivity (Wildman–Crippen MR) is 63.6 cm³/mol. The highest BCUT2D eigenvalue weighted by molar-refractivity contribution is 6.68. The van der Waals surface area contributed by atoms with Crippen molar-refractivity contribution in [2.24, 2.45) is 0 Å². The van der Waals surface area contributed by atoms with Crippen LogP contribution >= 0.6 is 11.6 Å². The smallest absolute Gasteiger partial charge is 0.432 e. The molecule has 9 heteroatoms. The minimum atomic E-state index is -4.87. The molecule has 0 N–H and O–H groups in total. The maximum atomic E-state index is 12.7. The molecule has 3 nitrogen and oxygen atoms in total. The van der Waals surface area contributed by atoms with E-state index in [-0.39, 0.29) is 5.39 Å². The van der Waals surface area contributed by atoms with Gasteiger partial charge in [0.1, 0.15) is 11.2 Å². The molecular formula is C12H5ClF5NO2. The molecule has 0 spiro atoms. The second kappa shape index (κ2) is 5.44. The van der Waals surface area contributed by atoms with E-state index in [1.807, 2.05) is 0 Å². The molecule has 0 atom stereocenters. The summed E-state index contributed by atoms with van der Waals surface area (Å²) >= 11 is 5.24. The van der Waals surface area contributed by atoms with Crippen LogP contribution in [0.5, 0.6) is 5.75 Å². The van der Waals surface area contributed by atoms with Crippen LogP contribution in [0.3, 0.4) is 0 Å². The molecule has 2 aromatic rings. The first kappa shape index (κ1) is 15.4. The number of fused-ring (bicyclic) bond motifs is 1. The van der Waals surface area contributed by atoms with Crippen molar-refractivity contribution in [1.82, 2.24) is 4.98 Å². The van der Waals surface area contributed by atoms with Gasteiger partial charge in [0.25, 0.3) is 5.24 Å². The lowest BCUT2D eigenvalue weighted by Crippen LogP contribution is -2.11. The average molecular weight is 326 g/mol. The topological polar surface area (TPSA) is 39.2 Å². The normalized spacial score (nSPS) is 12.0. The third-order valence-corrected chi connectivity index (χ3v) is 2.72. The molecule has 112 valence electrons. The van der Waals surface area contributed by atoms with Crippen LogP contribution in [0.4, 0.5) is 22.0 Å². The Morgan fingerprint density at radius 2 is 1.95 bits per heavy atom. The van der Waals surface area contributed by atoms with E-state index < -0.39 is 40.6 Å². The second-order valence-electron chi connectivity index (χ2n) is 3.86. The number of rotatable bonds is 3. The van der Waals surface area contributed by atoms with Crippen molar-refractivity contribution >= 4 is 27.7 Å². The highest BCUT2D eigenvalue weighted by Crippen LogP contribution is 2.34. The van der Waals surface area contributed by atoms with E-state index in [9.17, 15) is 26.7 Å². The van der Waals surface area contributed by atoms with Crippen molar-refractivity contribution in [2.45, 2.75) is 12.8 Å². The monoisotopic (exact) mass is 325 g/mol. The SMILES string of the molecule is O=C(Cl)c1cc(C(F)(F)F)nc2c(OC(F)F)cccc12. The third-order valence-electron chi connectivity index (χ3n) is 2.52. The van der Waals surface area contributed by atoms with Crippen LogP contribution in [0, 0.1) is 0 Å². The molecule has 0 aliphatic carbocycles. The molecule has 21 heavy (non-hydrogen) atoms. The highest BCUT2D eigenvalue weighted by Gasteiger charge is 2.34. The fourth-order valence-corrected chi connectivity index (χ4v) is 1.88. The van der Waals surface area contributed by atoms with Gasteiger partial charge in [-0.1, -0.05) is 12.1 Å². The van der Waals surface area contributed by atoms with E-state index in [1.165, 1.54) is 12.1 Å². The summed E-state index contributed by atoms with van der Waals surface area (Å²) in [6.45, 7) is -3.25. The first-order valence-corrected chi connectivity index (χ1v) is 5.73. The third kappa shape index (κ3) is 3.21. The van der Waals surface area contributed by atoms with E-state index in [0.29, 0.717) is 6.07 Å². The van der Waals surface area contributed by atoms with E-state index >= 15 is 0 Å². The molecule has 2 rings (SSSR count). The van der Waals surface area contributed by atoms with Crippen LogP contribution in [-0.2, 0) is 6.18 Å². The lowest BCUT2D eigenvalue weighted by atomic mass is 10.1. The maximum Gasteiger partial charge on any atom is 0.433 e. The van der Waals surface area contributed by atoms with Gasteiger partial charge in [0, 0.05) is 10.9 Å². The predicted octanol–water partition coefficient (Wildman–Crippen LogP) is 4.23. The fraction of sp³-hybridized carbons (Fsp3) is 0.167. The second-order valence-corrected chi connectivity index (χ2v) is 4.20. The van der Waals surface area contributed by atoms with E-state index in [0.717, 1.165) is 6.07 Å². The summed E-state index contributed by atoms with van der Waals surface area (Å²) in [5, 5.41) is -1.27. The molecule has 1 heterocycles. The van der Waals surface area contributed by atoms with Crippen molar-refractivity contribution in [3.05, 3.63) is 35.5 Å². The maximum absolute atomic E-state index is 12.7. The number of carbonyl (C=O) groups is 1. The zero-order valence-corrected chi connectivity index (χ0v) is 10.7. The van der Waals surface area contributed by atoms with Gasteiger partial charge in [-0.3, -0.25) is 4.79 Å². The number of ether oxygens (including phenoxy) is 1. The molecule has 0 bridgehead atoms. The van der Waals surface area contributed by atoms with E-state index in [4.69, 9.17) is 11.6 Å². The van der Waals surface area contributed by atoms with Crippen molar-refractivity contribution in [1.29, 1.82) is 0 Å². The Balaban J connectivity index is 2.80. The molecule has 0 unspecified atom stereocenters. The molecule has 0 amide bonds. The van der Waals surface area contributed by atoms with Crippen LogP contribution in [0.1, 0.15) is 16.1 Å². The van der Waals surface area contributed by atoms with Gasteiger partial charge in [-0.25, -0.2) is 4.98 Å². The molecule has 0 saturated heterocycles. The first-order valence-electron chi connectivity index (χ1n) is 5.35. The Morgan fingerprint density at radius 3 is 2.48 bits per heavy atom. The molecular weight excluding hydrogens is 321 g/mol. The molecule has 0 aliphatic heterocycles. The molecule has 0 fully saturated rings. The standard InChI is InChI=1S/C12H5ClF5NO2/c13-10(20)6-4-8(12(16,17)18)19-9-5(6)2-1-3-7(9)21-11(14)15/h1-4,11H. The number of alkyl halides is 5. The lowest BCUT2D eigenvalue weighted by molar-refractivity contribution is -0.141. The Bertz CT molecular complexity index is 702. The van der Waals surface area contributed by atoms with Crippen LogP contribution < -0.4 is 4.74 Å². The van der Waals surface area contributed by atoms with Crippen LogP contribution in [-0.4, -0.2) is 16.8 Å². The molecule has 0 aliphatic rings. The summed E-state index contributed by atoms with van der Waals surface area (Å²) < 4.78 is 66.9. The van der Waals surface area contributed by atoms with Gasteiger partial charge in [0.2, 0.25) is 0 Å². The summed E-state index contributed by atoms with van der Waals surface area (Å²) in [6, 6.07) is 3.95. The van der Waals surface area contributed by atoms with E-state index in [2.05, 4.69) is 9.72 Å². The number of carbonyl (C=O) groups excluding carboxylic acids is 1. The van der Waals surface area contributed by atoms with Crippen molar-refractivity contribution in [3.63, 3.8) is 0 Å². The van der Waals surface area contributed by atoms with Gasteiger partial charge < -0.3 is 4.74 Å². The Morgan fingerprint density at radius 1 is 1.29 bits per heavy atom. The number of aromatic nitrogens is 1. The summed E-state index contributed by atoms with van der Waals surface area (Å²) in [4.78, 5) is 14.5. The van der Waals surface area contributed by atoms with E-state index in [1.54, 1.807) is 0 Å². The number of benzene rings is 1. The Kier molecular flexibility index (Phi) is 3.99. The number of pyridine rings is 1. The van der Waals surface area contributed by atoms with Crippen LogP contribution in [0.2, 0.25) is 0 Å². The zero-order valence-electron chi connectivity index (χ0n) is 9.92. The van der Waals surface area contributed by atoms with Crippen molar-refractivity contribution < 1.29 is 31.5 Å². The summed E-state index contributed by atoms with van der Waals surface area (Å²) in [7, 11) is 0. The highest BCUT2D eigenvalue weighted by atomic mass is 35.5. The number of para-hydroxylation sites is 1. The van der Waals surface area contributed by atoms with Gasteiger partial charge in [-0.2, -0.15) is 22.0 Å². The fourth-order valence-electron chi connectivity index (χ4n) is 1.72. The molecule has 1 aromatic heterocycles. The van der Waals surface area contributed by atoms with Crippen molar-refractivity contribution in [2.75, 3.05) is 0 Å². The van der Waals surface area contributed by atoms with Crippen LogP contribution in [0.15, 0.2) is 24.3 Å². The Hall–Kier alpha value is -1.96. The van der Waals surface area contributed by atoms with Gasteiger partial charge in [-0.15, -0.1) is 0 Å². The zero-order chi connectivity index (χ0) is 15.8. The number of hydrogen-bond acceptors (Lipinski definition) is 3. The summed E-state index contributed by atoms with van der Waals surface area (Å²) in [6.07, 6.45) is -4.87. The number of nitrogens with zero attached hydrogens (tertiary/aromatic N) is 1. The van der Waals surface area contributed by atoms with Crippen molar-refractivity contribution in [3.8, 4) is 5.75 Å². The molecule has 0 saturated carbocycles. The number of halogens is 6. The Labute approximate surface area is 119 Å². The van der Waals surface area contributed by atoms with Gasteiger partial charge in [-0.05, 0) is 23.7 Å². The van der Waals surface area contributed by atoms with Crippen LogP contribution in [0.25, 0.3) is 10.9 Å². The van der Waals surface area contributed by atoms with Gasteiger partial charge in [0.15, 0.2) is 5.75 Å². The average Bonchev–Trinajstić information content (AvgIpc) is 2.36. The minimum absolute atomic E-state index is 0.110. The molecule has 1 aromatic carbocycles. The lowest BCUT2D eigenvalue weighted by Gasteiger charge is -2.12. The number of hydrogen-bond donors (Lipinski definition) is 0.